The first kappa shape index (κ1) is 12.9. The minimum atomic E-state index is -1.95. The molecule has 0 aliphatic carbocycles. The lowest BCUT2D eigenvalue weighted by Crippen LogP contribution is -2.16. The Bertz CT molecular complexity index is 195. The average molecular weight is 267 g/mol. The smallest absolute Gasteiger partial charge is 0.268 e. The monoisotopic (exact) mass is 265 g/mol. The zero-order valence-electron chi connectivity index (χ0n) is 6.31. The second-order valence-electron chi connectivity index (χ2n) is 1.59. The van der Waals surface area contributed by atoms with Gasteiger partial charge in [0.1, 0.15) is 4.38 Å². The van der Waals surface area contributed by atoms with E-state index in [1.54, 1.807) is 12.5 Å². The Kier molecular flexibility index (Phi) is 6.03. The molecule has 0 N–H and O–H groups in total. The van der Waals surface area contributed by atoms with Crippen LogP contribution in [-0.4, -0.2) is 26.6 Å². The normalized spacial score (nSPS) is 11.1. The number of carbonyl (C=O) groups is 1. The van der Waals surface area contributed by atoms with E-state index in [0.717, 1.165) is 0 Å². The fraction of sp³-hybridized carbons (Fsp3) is 0.600. The topological polar surface area (TPSA) is 29.4 Å². The summed E-state index contributed by atoms with van der Waals surface area (Å²) in [7, 11) is 0. The molecule has 2 nitrogen and oxygen atoms in total. The molecule has 0 bridgehead atoms. The van der Waals surface area contributed by atoms with Gasteiger partial charge in [-0.15, -0.1) is 23.5 Å². The van der Waals surface area contributed by atoms with Crippen molar-refractivity contribution >= 4 is 68.6 Å². The zero-order chi connectivity index (χ0) is 9.78. The van der Waals surface area contributed by atoms with Crippen molar-refractivity contribution in [2.75, 3.05) is 12.5 Å². The Hall–Kier alpha value is 0.910. The predicted octanol–water partition coefficient (Wildman–Crippen LogP) is 2.97. The number of alkyl halides is 3. The highest BCUT2D eigenvalue weighted by molar-refractivity contribution is 8.38. The lowest BCUT2D eigenvalue weighted by molar-refractivity contribution is -0.116. The molecule has 7 heteroatoms. The fourth-order valence-corrected chi connectivity index (χ4v) is 1.46. The predicted molar refractivity (Wildman–Crippen MR) is 59.8 cm³/mol. The summed E-state index contributed by atoms with van der Waals surface area (Å²) in [5.74, 6) is -0.758. The Morgan fingerprint density at radius 2 is 1.67 bits per heavy atom. The second kappa shape index (κ2) is 5.60. The Morgan fingerprint density at radius 1 is 1.25 bits per heavy atom. The van der Waals surface area contributed by atoms with Gasteiger partial charge in [-0.3, -0.25) is 4.79 Å². The number of hydrogen-bond acceptors (Lipinski definition) is 3. The summed E-state index contributed by atoms with van der Waals surface area (Å²) in [5.41, 5.74) is 0. The maximum Gasteiger partial charge on any atom is 0.299 e. The number of thioether (sulfide) groups is 2. The van der Waals surface area contributed by atoms with Crippen LogP contribution in [-0.2, 0) is 4.79 Å². The van der Waals surface area contributed by atoms with Crippen LogP contribution in [0.25, 0.3) is 0 Å². The Morgan fingerprint density at radius 3 is 1.92 bits per heavy atom. The first-order chi connectivity index (χ1) is 5.41. The van der Waals surface area contributed by atoms with Gasteiger partial charge in [0.2, 0.25) is 0 Å². The minimum absolute atomic E-state index is 0.575. The van der Waals surface area contributed by atoms with Gasteiger partial charge in [-0.05, 0) is 12.5 Å². The molecular weight excluding hydrogens is 261 g/mol. The molecule has 0 aromatic carbocycles. The summed E-state index contributed by atoms with van der Waals surface area (Å²) in [6.45, 7) is 0. The van der Waals surface area contributed by atoms with E-state index in [2.05, 4.69) is 4.99 Å². The Labute approximate surface area is 94.4 Å². The number of amides is 1. The quantitative estimate of drug-likeness (QED) is 0.383. The molecule has 0 saturated carbocycles. The van der Waals surface area contributed by atoms with E-state index in [1.165, 1.54) is 23.5 Å². The highest BCUT2D eigenvalue weighted by Gasteiger charge is 2.30. The fourth-order valence-electron chi connectivity index (χ4n) is 0.321. The summed E-state index contributed by atoms with van der Waals surface area (Å²) < 4.78 is -1.37. The molecule has 0 spiro atoms. The first-order valence-corrected chi connectivity index (χ1v) is 6.28. The van der Waals surface area contributed by atoms with E-state index in [-0.39, 0.29) is 0 Å². The second-order valence-corrected chi connectivity index (χ2v) is 5.72. The molecule has 0 radical (unpaired) electrons. The lowest BCUT2D eigenvalue weighted by atomic mass is 10.7. The van der Waals surface area contributed by atoms with Crippen molar-refractivity contribution in [1.29, 1.82) is 0 Å². The first-order valence-electron chi connectivity index (χ1n) is 2.69. The summed E-state index contributed by atoms with van der Waals surface area (Å²) in [6, 6.07) is 0. The van der Waals surface area contributed by atoms with Gasteiger partial charge in [0.15, 0.2) is 0 Å². The van der Waals surface area contributed by atoms with Crippen molar-refractivity contribution in [3.63, 3.8) is 0 Å². The standard InChI is InChI=1S/C5H6Cl3NOS2/c1-11-4(12-2)9-3(10)5(6,7)8/h1-2H3. The molecule has 0 fully saturated rings. The average Bonchev–Trinajstić information content (AvgIpc) is 1.97. The molecule has 0 aliphatic heterocycles. The minimum Gasteiger partial charge on any atom is -0.268 e. The van der Waals surface area contributed by atoms with E-state index in [9.17, 15) is 4.79 Å². The van der Waals surface area contributed by atoms with E-state index >= 15 is 0 Å². The third-order valence-corrected chi connectivity index (χ3v) is 3.15. The van der Waals surface area contributed by atoms with Gasteiger partial charge in [-0.25, -0.2) is 0 Å². The number of halogens is 3. The van der Waals surface area contributed by atoms with Crippen LogP contribution in [0.4, 0.5) is 0 Å². The third-order valence-electron chi connectivity index (χ3n) is 0.785. The molecule has 0 saturated heterocycles. The van der Waals surface area contributed by atoms with Gasteiger partial charge in [-0.2, -0.15) is 4.99 Å². The largest absolute Gasteiger partial charge is 0.299 e. The molecule has 0 aliphatic rings. The number of rotatable bonds is 0. The number of nitrogens with zero attached hydrogens (tertiary/aromatic N) is 1. The molecule has 0 aromatic rings. The van der Waals surface area contributed by atoms with Gasteiger partial charge in [0.25, 0.3) is 9.70 Å². The van der Waals surface area contributed by atoms with Crippen molar-refractivity contribution in [2.45, 2.75) is 3.79 Å². The van der Waals surface area contributed by atoms with E-state index in [0.29, 0.717) is 4.38 Å². The van der Waals surface area contributed by atoms with Crippen molar-refractivity contribution in [2.24, 2.45) is 4.99 Å². The molecule has 70 valence electrons. The maximum atomic E-state index is 11.0. The molecule has 0 rings (SSSR count). The van der Waals surface area contributed by atoms with Gasteiger partial charge >= 0.3 is 0 Å². The van der Waals surface area contributed by atoms with Crippen LogP contribution in [0.3, 0.4) is 0 Å². The zero-order valence-corrected chi connectivity index (χ0v) is 10.2. The molecule has 0 unspecified atom stereocenters. The molecule has 12 heavy (non-hydrogen) atoms. The van der Waals surface area contributed by atoms with Crippen LogP contribution in [0.1, 0.15) is 0 Å². The van der Waals surface area contributed by atoms with E-state index in [4.69, 9.17) is 34.8 Å². The van der Waals surface area contributed by atoms with Crippen molar-refractivity contribution in [3.05, 3.63) is 0 Å². The summed E-state index contributed by atoms with van der Waals surface area (Å²) in [6.07, 6.45) is 3.59. The van der Waals surface area contributed by atoms with Gasteiger partial charge in [0, 0.05) is 0 Å². The molecular formula is C5H6Cl3NOS2. The van der Waals surface area contributed by atoms with Crippen molar-refractivity contribution in [1.82, 2.24) is 0 Å². The number of aliphatic imine (C=N–C) groups is 1. The summed E-state index contributed by atoms with van der Waals surface area (Å²) >= 11 is 18.6. The third kappa shape index (κ3) is 4.82. The number of hydrogen-bond donors (Lipinski definition) is 0. The molecule has 0 atom stereocenters. The van der Waals surface area contributed by atoms with Gasteiger partial charge in [-0.1, -0.05) is 34.8 Å². The van der Waals surface area contributed by atoms with Crippen LogP contribution in [0, 0.1) is 0 Å². The van der Waals surface area contributed by atoms with Crippen LogP contribution in [0.5, 0.6) is 0 Å². The highest BCUT2D eigenvalue weighted by Crippen LogP contribution is 2.28. The van der Waals surface area contributed by atoms with Gasteiger partial charge < -0.3 is 0 Å². The Balaban J connectivity index is 4.42. The van der Waals surface area contributed by atoms with E-state index in [1.807, 2.05) is 0 Å². The van der Waals surface area contributed by atoms with Crippen LogP contribution in [0.15, 0.2) is 4.99 Å². The SMILES string of the molecule is CSC(=NC(=O)C(Cl)(Cl)Cl)SC. The summed E-state index contributed by atoms with van der Waals surface area (Å²) in [4.78, 5) is 14.6. The number of carbonyl (C=O) groups excluding carboxylic acids is 1. The summed E-state index contributed by atoms with van der Waals surface area (Å²) in [5, 5.41) is 0. The van der Waals surface area contributed by atoms with Gasteiger partial charge in [0.05, 0.1) is 0 Å². The lowest BCUT2D eigenvalue weighted by Gasteiger charge is -2.05. The molecule has 1 amide bonds. The highest BCUT2D eigenvalue weighted by atomic mass is 35.6. The maximum absolute atomic E-state index is 11.0. The molecule has 0 heterocycles. The van der Waals surface area contributed by atoms with Crippen LogP contribution < -0.4 is 0 Å². The van der Waals surface area contributed by atoms with Crippen molar-refractivity contribution in [3.8, 4) is 0 Å². The molecule has 0 aromatic heterocycles. The van der Waals surface area contributed by atoms with E-state index < -0.39 is 9.70 Å². The van der Waals surface area contributed by atoms with Crippen LogP contribution >= 0.6 is 58.3 Å². The van der Waals surface area contributed by atoms with Crippen LogP contribution in [0.2, 0.25) is 0 Å². The van der Waals surface area contributed by atoms with Crippen molar-refractivity contribution < 1.29 is 4.79 Å².